The number of rotatable bonds is 5. The average molecular weight is 254 g/mol. The number of nitrogens with two attached hydrogens (primary N) is 1. The molecule has 0 spiro atoms. The number of nitrogens with one attached hydrogen (secondary N) is 1. The molecule has 1 rings (SSSR count). The van der Waals surface area contributed by atoms with Crippen LogP contribution in [0.25, 0.3) is 0 Å². The molecule has 18 heavy (non-hydrogen) atoms. The minimum absolute atomic E-state index is 0.117. The van der Waals surface area contributed by atoms with Crippen molar-refractivity contribution in [3.8, 4) is 0 Å². The van der Waals surface area contributed by atoms with Crippen molar-refractivity contribution < 1.29 is 4.79 Å². The Morgan fingerprint density at radius 3 is 2.28 bits per heavy atom. The van der Waals surface area contributed by atoms with E-state index in [4.69, 9.17) is 5.73 Å². The Balaban J connectivity index is 2.50. The van der Waals surface area contributed by atoms with Crippen molar-refractivity contribution in [3.63, 3.8) is 0 Å². The lowest BCUT2D eigenvalue weighted by molar-refractivity contribution is -0.127. The highest BCUT2D eigenvalue weighted by Crippen LogP contribution is 2.24. The van der Waals surface area contributed by atoms with E-state index in [1.807, 2.05) is 0 Å². The van der Waals surface area contributed by atoms with Crippen molar-refractivity contribution in [2.45, 2.75) is 77.2 Å². The molecule has 1 aliphatic rings. The largest absolute Gasteiger partial charge is 0.351 e. The lowest BCUT2D eigenvalue weighted by atomic mass is 9.88. The van der Waals surface area contributed by atoms with E-state index in [2.05, 4.69) is 19.2 Å². The monoisotopic (exact) mass is 254 g/mol. The molecule has 1 unspecified atom stereocenters. The quantitative estimate of drug-likeness (QED) is 0.792. The molecule has 0 bridgehead atoms. The number of amides is 1. The van der Waals surface area contributed by atoms with Crippen molar-refractivity contribution in [1.29, 1.82) is 0 Å². The van der Waals surface area contributed by atoms with Crippen molar-refractivity contribution in [2.24, 2.45) is 11.7 Å². The minimum Gasteiger partial charge on any atom is -0.351 e. The molecule has 1 aliphatic carbocycles. The molecule has 0 aromatic rings. The van der Waals surface area contributed by atoms with Crippen LogP contribution in [0.2, 0.25) is 0 Å². The standard InChI is InChI=1S/C15H30N2O/c1-3-15(2,11-12-16)17-14(18)13-9-7-5-4-6-8-10-13/h13H,3-12,16H2,1-2H3,(H,17,18). The van der Waals surface area contributed by atoms with E-state index in [0.717, 1.165) is 25.7 Å². The van der Waals surface area contributed by atoms with Gasteiger partial charge in [0.15, 0.2) is 0 Å². The van der Waals surface area contributed by atoms with Crippen LogP contribution in [0.4, 0.5) is 0 Å². The van der Waals surface area contributed by atoms with Gasteiger partial charge < -0.3 is 11.1 Å². The van der Waals surface area contributed by atoms with Crippen LogP contribution in [0.3, 0.4) is 0 Å². The SMILES string of the molecule is CCC(C)(CCN)NC(=O)C1CCCCCCC1. The van der Waals surface area contributed by atoms with E-state index in [0.29, 0.717) is 6.54 Å². The fraction of sp³-hybridized carbons (Fsp3) is 0.933. The Morgan fingerprint density at radius 1 is 1.22 bits per heavy atom. The number of carbonyl (C=O) groups excluding carboxylic acids is 1. The number of hydrogen-bond donors (Lipinski definition) is 2. The smallest absolute Gasteiger partial charge is 0.223 e. The van der Waals surface area contributed by atoms with Crippen LogP contribution >= 0.6 is 0 Å². The van der Waals surface area contributed by atoms with E-state index in [1.165, 1.54) is 32.1 Å². The van der Waals surface area contributed by atoms with Crippen LogP contribution in [0.1, 0.15) is 71.6 Å². The van der Waals surface area contributed by atoms with Gasteiger partial charge in [-0.05, 0) is 39.2 Å². The van der Waals surface area contributed by atoms with Crippen molar-refractivity contribution in [3.05, 3.63) is 0 Å². The topological polar surface area (TPSA) is 55.1 Å². The fourth-order valence-electron chi connectivity index (χ4n) is 2.76. The fourth-order valence-corrected chi connectivity index (χ4v) is 2.76. The Labute approximate surface area is 112 Å². The molecule has 1 saturated carbocycles. The predicted octanol–water partition coefficient (Wildman–Crippen LogP) is 2.98. The summed E-state index contributed by atoms with van der Waals surface area (Å²) in [5.41, 5.74) is 5.52. The molecule has 0 heterocycles. The van der Waals surface area contributed by atoms with Gasteiger partial charge in [-0.3, -0.25) is 4.79 Å². The van der Waals surface area contributed by atoms with Crippen molar-refractivity contribution >= 4 is 5.91 Å². The summed E-state index contributed by atoms with van der Waals surface area (Å²) in [4.78, 5) is 12.4. The maximum atomic E-state index is 12.4. The maximum Gasteiger partial charge on any atom is 0.223 e. The summed E-state index contributed by atoms with van der Waals surface area (Å²) in [5.74, 6) is 0.489. The third-order valence-corrected chi connectivity index (χ3v) is 4.38. The van der Waals surface area contributed by atoms with Crippen LogP contribution < -0.4 is 11.1 Å². The zero-order valence-electron chi connectivity index (χ0n) is 12.1. The molecule has 0 aliphatic heterocycles. The van der Waals surface area contributed by atoms with Crippen LogP contribution in [0.15, 0.2) is 0 Å². The molecule has 0 aromatic heterocycles. The Hall–Kier alpha value is -0.570. The first-order valence-electron chi connectivity index (χ1n) is 7.63. The Kier molecular flexibility index (Phi) is 6.69. The van der Waals surface area contributed by atoms with Gasteiger partial charge in [0.1, 0.15) is 0 Å². The summed E-state index contributed by atoms with van der Waals surface area (Å²) >= 11 is 0. The van der Waals surface area contributed by atoms with Crippen LogP contribution in [-0.2, 0) is 4.79 Å². The second-order valence-corrected chi connectivity index (χ2v) is 5.98. The summed E-state index contributed by atoms with van der Waals surface area (Å²) in [6, 6.07) is 0. The molecule has 0 saturated heterocycles. The number of carbonyl (C=O) groups is 1. The van der Waals surface area contributed by atoms with Crippen LogP contribution in [0, 0.1) is 5.92 Å². The first-order valence-corrected chi connectivity index (χ1v) is 7.63. The van der Waals surface area contributed by atoms with Gasteiger partial charge in [0.25, 0.3) is 0 Å². The average Bonchev–Trinajstić information content (AvgIpc) is 2.28. The Bertz CT molecular complexity index is 247. The second-order valence-electron chi connectivity index (χ2n) is 5.98. The summed E-state index contributed by atoms with van der Waals surface area (Å²) < 4.78 is 0. The van der Waals surface area contributed by atoms with Crippen LogP contribution in [0.5, 0.6) is 0 Å². The van der Waals surface area contributed by atoms with Gasteiger partial charge in [-0.2, -0.15) is 0 Å². The summed E-state index contributed by atoms with van der Waals surface area (Å²) in [7, 11) is 0. The molecular weight excluding hydrogens is 224 g/mol. The molecule has 0 radical (unpaired) electrons. The zero-order chi connectivity index (χ0) is 13.4. The van der Waals surface area contributed by atoms with E-state index < -0.39 is 0 Å². The first-order chi connectivity index (χ1) is 8.61. The van der Waals surface area contributed by atoms with Gasteiger partial charge in [0.2, 0.25) is 5.91 Å². The van der Waals surface area contributed by atoms with Gasteiger partial charge in [-0.1, -0.05) is 39.0 Å². The summed E-state index contributed by atoms with van der Waals surface area (Å²) in [5, 5.41) is 3.24. The van der Waals surface area contributed by atoms with E-state index >= 15 is 0 Å². The predicted molar refractivity (Wildman–Crippen MR) is 76.3 cm³/mol. The van der Waals surface area contributed by atoms with Gasteiger partial charge in [-0.15, -0.1) is 0 Å². The van der Waals surface area contributed by atoms with Gasteiger partial charge in [-0.25, -0.2) is 0 Å². The normalized spacial score (nSPS) is 21.7. The minimum atomic E-state index is -0.117. The lowest BCUT2D eigenvalue weighted by Crippen LogP contribution is -2.49. The molecule has 3 N–H and O–H groups in total. The molecule has 1 amide bonds. The highest BCUT2D eigenvalue weighted by Gasteiger charge is 2.27. The van der Waals surface area contributed by atoms with E-state index in [1.54, 1.807) is 0 Å². The molecule has 0 aromatic carbocycles. The first kappa shape index (κ1) is 15.5. The summed E-state index contributed by atoms with van der Waals surface area (Å²) in [6.07, 6.45) is 10.3. The molecule has 106 valence electrons. The maximum absolute atomic E-state index is 12.4. The van der Waals surface area contributed by atoms with Crippen LogP contribution in [-0.4, -0.2) is 18.0 Å². The van der Waals surface area contributed by atoms with Gasteiger partial charge in [0.05, 0.1) is 0 Å². The van der Waals surface area contributed by atoms with E-state index in [9.17, 15) is 4.79 Å². The molecular formula is C15H30N2O. The lowest BCUT2D eigenvalue weighted by Gasteiger charge is -2.31. The molecule has 1 atom stereocenters. The third-order valence-electron chi connectivity index (χ3n) is 4.38. The van der Waals surface area contributed by atoms with Crippen molar-refractivity contribution in [2.75, 3.05) is 6.54 Å². The van der Waals surface area contributed by atoms with E-state index in [-0.39, 0.29) is 17.4 Å². The van der Waals surface area contributed by atoms with Crippen molar-refractivity contribution in [1.82, 2.24) is 5.32 Å². The highest BCUT2D eigenvalue weighted by molar-refractivity contribution is 5.79. The molecule has 3 nitrogen and oxygen atoms in total. The molecule has 3 heteroatoms. The second kappa shape index (κ2) is 7.78. The highest BCUT2D eigenvalue weighted by atomic mass is 16.2. The summed E-state index contributed by atoms with van der Waals surface area (Å²) in [6.45, 7) is 4.87. The van der Waals surface area contributed by atoms with Gasteiger partial charge in [0, 0.05) is 11.5 Å². The third kappa shape index (κ3) is 4.97. The Morgan fingerprint density at radius 2 is 1.78 bits per heavy atom. The number of hydrogen-bond acceptors (Lipinski definition) is 2. The zero-order valence-corrected chi connectivity index (χ0v) is 12.1. The molecule has 1 fully saturated rings. The van der Waals surface area contributed by atoms with Gasteiger partial charge >= 0.3 is 0 Å².